The summed E-state index contributed by atoms with van der Waals surface area (Å²) in [6.45, 7) is 8.20. The van der Waals surface area contributed by atoms with Gasteiger partial charge in [0.1, 0.15) is 5.82 Å². The first-order chi connectivity index (χ1) is 10.9. The quantitative estimate of drug-likeness (QED) is 0.866. The van der Waals surface area contributed by atoms with Crippen LogP contribution < -0.4 is 0 Å². The Morgan fingerprint density at radius 3 is 2.35 bits per heavy atom. The Kier molecular flexibility index (Phi) is 4.38. The van der Waals surface area contributed by atoms with Crippen LogP contribution in [-0.2, 0) is 6.54 Å². The number of halogens is 2. The van der Waals surface area contributed by atoms with E-state index in [9.17, 15) is 8.78 Å². The molecule has 1 aromatic heterocycles. The molecule has 1 aliphatic heterocycles. The van der Waals surface area contributed by atoms with Crippen LogP contribution in [0.2, 0.25) is 0 Å². The topological polar surface area (TPSA) is 24.3 Å². The number of hydrogen-bond acceptors (Lipinski definition) is 3. The molecule has 1 aromatic carbocycles. The van der Waals surface area contributed by atoms with E-state index in [1.165, 1.54) is 0 Å². The normalized spacial score (nSPS) is 18.2. The molecule has 23 heavy (non-hydrogen) atoms. The van der Waals surface area contributed by atoms with E-state index in [4.69, 9.17) is 0 Å². The molecule has 0 N–H and O–H groups in total. The summed E-state index contributed by atoms with van der Waals surface area (Å²) in [5, 5.41) is 0. The number of imidazole rings is 1. The third-order valence-electron chi connectivity index (χ3n) is 4.55. The van der Waals surface area contributed by atoms with Gasteiger partial charge in [-0.3, -0.25) is 14.4 Å². The first-order valence-electron chi connectivity index (χ1n) is 8.07. The molecule has 1 aliphatic rings. The number of benzene rings is 1. The van der Waals surface area contributed by atoms with Crippen LogP contribution in [0.4, 0.5) is 8.78 Å². The van der Waals surface area contributed by atoms with Crippen LogP contribution in [0.1, 0.15) is 33.1 Å². The lowest BCUT2D eigenvalue weighted by atomic mass is 10.1. The number of fused-ring (bicyclic) bond motifs is 1. The molecule has 0 aliphatic carbocycles. The molecule has 0 bridgehead atoms. The molecule has 2 aromatic rings. The Hall–Kier alpha value is -1.53. The van der Waals surface area contributed by atoms with Crippen molar-refractivity contribution in [1.82, 2.24) is 19.4 Å². The van der Waals surface area contributed by atoms with Gasteiger partial charge in [-0.25, -0.2) is 4.98 Å². The number of aromatic nitrogens is 2. The van der Waals surface area contributed by atoms with E-state index in [0.717, 1.165) is 30.7 Å². The lowest BCUT2D eigenvalue weighted by Gasteiger charge is -2.42. The highest BCUT2D eigenvalue weighted by molar-refractivity contribution is 5.75. The fourth-order valence-electron chi connectivity index (χ4n) is 3.20. The van der Waals surface area contributed by atoms with E-state index in [2.05, 4.69) is 35.6 Å². The van der Waals surface area contributed by atoms with Gasteiger partial charge in [-0.2, -0.15) is 8.78 Å². The Morgan fingerprint density at radius 1 is 1.09 bits per heavy atom. The van der Waals surface area contributed by atoms with Gasteiger partial charge in [0, 0.05) is 31.7 Å². The second-order valence-corrected chi connectivity index (χ2v) is 7.10. The van der Waals surface area contributed by atoms with Crippen molar-refractivity contribution in [2.75, 3.05) is 26.2 Å². The number of rotatable bonds is 3. The van der Waals surface area contributed by atoms with E-state index in [-0.39, 0.29) is 5.54 Å². The minimum Gasteiger partial charge on any atom is -0.296 e. The SMILES string of the molecule is CC(C)(C)N1CCN(Cc2nc3ccccc3n2C(F)F)CC1. The first-order valence-corrected chi connectivity index (χ1v) is 8.07. The molecule has 4 nitrogen and oxygen atoms in total. The average Bonchev–Trinajstić information content (AvgIpc) is 2.84. The molecular weight excluding hydrogens is 298 g/mol. The summed E-state index contributed by atoms with van der Waals surface area (Å²) in [5.41, 5.74) is 1.30. The Balaban J connectivity index is 1.76. The second-order valence-electron chi connectivity index (χ2n) is 7.10. The summed E-state index contributed by atoms with van der Waals surface area (Å²) in [6.07, 6.45) is 0. The van der Waals surface area contributed by atoms with Gasteiger partial charge >= 0.3 is 6.55 Å². The van der Waals surface area contributed by atoms with Crippen molar-refractivity contribution in [3.05, 3.63) is 30.1 Å². The smallest absolute Gasteiger partial charge is 0.296 e. The average molecular weight is 322 g/mol. The number of alkyl halides is 2. The third kappa shape index (κ3) is 3.38. The summed E-state index contributed by atoms with van der Waals surface area (Å²) in [4.78, 5) is 9.06. The summed E-state index contributed by atoms with van der Waals surface area (Å²) >= 11 is 0. The summed E-state index contributed by atoms with van der Waals surface area (Å²) in [5.74, 6) is 0.449. The Bertz CT molecular complexity index is 667. The van der Waals surface area contributed by atoms with Gasteiger partial charge in [0.2, 0.25) is 0 Å². The van der Waals surface area contributed by atoms with Crippen LogP contribution in [0, 0.1) is 0 Å². The van der Waals surface area contributed by atoms with E-state index in [1.807, 2.05) is 6.07 Å². The van der Waals surface area contributed by atoms with Crippen LogP contribution in [0.25, 0.3) is 11.0 Å². The molecule has 0 atom stereocenters. The van der Waals surface area contributed by atoms with Gasteiger partial charge in [-0.1, -0.05) is 12.1 Å². The lowest BCUT2D eigenvalue weighted by Crippen LogP contribution is -2.53. The molecule has 6 heteroatoms. The zero-order valence-corrected chi connectivity index (χ0v) is 14.0. The van der Waals surface area contributed by atoms with Crippen molar-refractivity contribution in [2.24, 2.45) is 0 Å². The van der Waals surface area contributed by atoms with Crippen LogP contribution in [0.15, 0.2) is 24.3 Å². The summed E-state index contributed by atoms with van der Waals surface area (Å²) in [6, 6.07) is 7.09. The largest absolute Gasteiger partial charge is 0.320 e. The minimum absolute atomic E-state index is 0.155. The number of para-hydroxylation sites is 2. The summed E-state index contributed by atoms with van der Waals surface area (Å²) in [7, 11) is 0. The number of piperazine rings is 1. The van der Waals surface area contributed by atoms with Crippen LogP contribution in [0.3, 0.4) is 0 Å². The van der Waals surface area contributed by atoms with Crippen molar-refractivity contribution < 1.29 is 8.78 Å². The van der Waals surface area contributed by atoms with E-state index in [0.29, 0.717) is 23.4 Å². The van der Waals surface area contributed by atoms with Crippen molar-refractivity contribution in [2.45, 2.75) is 39.4 Å². The molecule has 0 amide bonds. The van der Waals surface area contributed by atoms with Gasteiger partial charge in [-0.15, -0.1) is 0 Å². The number of hydrogen-bond donors (Lipinski definition) is 0. The fourth-order valence-corrected chi connectivity index (χ4v) is 3.20. The molecule has 1 fully saturated rings. The molecule has 0 saturated carbocycles. The van der Waals surface area contributed by atoms with Gasteiger partial charge in [-0.05, 0) is 32.9 Å². The summed E-state index contributed by atoms with van der Waals surface area (Å²) < 4.78 is 28.0. The van der Waals surface area contributed by atoms with Gasteiger partial charge < -0.3 is 0 Å². The third-order valence-corrected chi connectivity index (χ3v) is 4.55. The highest BCUT2D eigenvalue weighted by atomic mass is 19.3. The van der Waals surface area contributed by atoms with Gasteiger partial charge in [0.15, 0.2) is 0 Å². The molecule has 0 radical (unpaired) electrons. The van der Waals surface area contributed by atoms with Crippen LogP contribution in [0.5, 0.6) is 0 Å². The molecular formula is C17H24F2N4. The van der Waals surface area contributed by atoms with Crippen molar-refractivity contribution in [3.8, 4) is 0 Å². The van der Waals surface area contributed by atoms with Crippen molar-refractivity contribution >= 4 is 11.0 Å². The lowest BCUT2D eigenvalue weighted by molar-refractivity contribution is 0.0483. The predicted octanol–water partition coefficient (Wildman–Crippen LogP) is 3.35. The maximum Gasteiger partial charge on any atom is 0.320 e. The molecule has 1 saturated heterocycles. The van der Waals surface area contributed by atoms with E-state index in [1.54, 1.807) is 18.2 Å². The maximum absolute atomic E-state index is 13.5. The molecule has 0 spiro atoms. The van der Waals surface area contributed by atoms with Gasteiger partial charge in [0.25, 0.3) is 0 Å². The van der Waals surface area contributed by atoms with E-state index >= 15 is 0 Å². The highest BCUT2D eigenvalue weighted by Crippen LogP contribution is 2.24. The molecule has 3 rings (SSSR count). The number of nitrogens with zero attached hydrogens (tertiary/aromatic N) is 4. The zero-order chi connectivity index (χ0) is 16.6. The minimum atomic E-state index is -2.56. The molecule has 126 valence electrons. The van der Waals surface area contributed by atoms with Gasteiger partial charge in [0.05, 0.1) is 17.6 Å². The van der Waals surface area contributed by atoms with E-state index < -0.39 is 6.55 Å². The molecule has 2 heterocycles. The fraction of sp³-hybridized carbons (Fsp3) is 0.588. The van der Waals surface area contributed by atoms with Crippen molar-refractivity contribution in [3.63, 3.8) is 0 Å². The highest BCUT2D eigenvalue weighted by Gasteiger charge is 2.27. The second kappa shape index (κ2) is 6.17. The molecule has 0 unspecified atom stereocenters. The Morgan fingerprint density at radius 2 is 1.74 bits per heavy atom. The van der Waals surface area contributed by atoms with Crippen LogP contribution >= 0.6 is 0 Å². The Labute approximate surface area is 135 Å². The zero-order valence-electron chi connectivity index (χ0n) is 14.0. The maximum atomic E-state index is 13.5. The standard InChI is InChI=1S/C17H24F2N4/c1-17(2,3)22-10-8-21(9-11-22)12-15-20-13-6-4-5-7-14(13)23(15)16(18)19/h4-7,16H,8-12H2,1-3H3. The van der Waals surface area contributed by atoms with Crippen LogP contribution in [-0.4, -0.2) is 51.1 Å². The van der Waals surface area contributed by atoms with Crippen molar-refractivity contribution in [1.29, 1.82) is 0 Å². The monoisotopic (exact) mass is 322 g/mol. The first kappa shape index (κ1) is 16.3. The predicted molar refractivity (Wildman–Crippen MR) is 87.6 cm³/mol.